The van der Waals surface area contributed by atoms with Gasteiger partial charge in [0.1, 0.15) is 11.5 Å². The van der Waals surface area contributed by atoms with Crippen molar-refractivity contribution in [1.29, 1.82) is 0 Å². The highest BCUT2D eigenvalue weighted by atomic mass is 16.7. The molecule has 6 nitrogen and oxygen atoms in total. The Morgan fingerprint density at radius 1 is 1.19 bits per heavy atom. The fourth-order valence-electron chi connectivity index (χ4n) is 3.91. The summed E-state index contributed by atoms with van der Waals surface area (Å²) in [6, 6.07) is 14.0. The Morgan fingerprint density at radius 2 is 1.93 bits per heavy atom. The normalized spacial score (nSPS) is 26.2. The molecule has 2 aromatic rings. The molecular formula is C21H20O6. The molecule has 27 heavy (non-hydrogen) atoms. The van der Waals surface area contributed by atoms with Crippen molar-refractivity contribution in [2.24, 2.45) is 5.92 Å². The van der Waals surface area contributed by atoms with Crippen LogP contribution in [-0.4, -0.2) is 30.3 Å². The van der Waals surface area contributed by atoms with E-state index in [0.29, 0.717) is 17.1 Å². The highest BCUT2D eigenvalue weighted by Gasteiger charge is 2.57. The topological polar surface area (TPSA) is 82.1 Å². The van der Waals surface area contributed by atoms with Crippen molar-refractivity contribution in [3.8, 4) is 11.5 Å². The maximum absolute atomic E-state index is 13.2. The van der Waals surface area contributed by atoms with Gasteiger partial charge in [0.05, 0.1) is 6.61 Å². The number of benzene rings is 2. The van der Waals surface area contributed by atoms with Crippen molar-refractivity contribution in [3.05, 3.63) is 59.7 Å². The molecule has 0 saturated heterocycles. The number of carbonyl (C=O) groups is 2. The minimum atomic E-state index is -1.74. The Hall–Kier alpha value is -2.86. The Bertz CT molecular complexity index is 877. The lowest BCUT2D eigenvalue weighted by Gasteiger charge is -2.21. The van der Waals surface area contributed by atoms with Gasteiger partial charge in [0.2, 0.25) is 6.79 Å². The summed E-state index contributed by atoms with van der Waals surface area (Å²) >= 11 is 0. The van der Waals surface area contributed by atoms with E-state index in [1.54, 1.807) is 49.4 Å². The van der Waals surface area contributed by atoms with Gasteiger partial charge in [-0.1, -0.05) is 36.4 Å². The molecule has 1 aliphatic carbocycles. The van der Waals surface area contributed by atoms with Gasteiger partial charge in [0.15, 0.2) is 17.3 Å². The van der Waals surface area contributed by atoms with Gasteiger partial charge in [-0.05, 0) is 36.6 Å². The summed E-state index contributed by atoms with van der Waals surface area (Å²) in [5, 5.41) is 11.2. The summed E-state index contributed by atoms with van der Waals surface area (Å²) < 4.78 is 15.9. The van der Waals surface area contributed by atoms with Crippen LogP contribution in [0.1, 0.15) is 30.4 Å². The van der Waals surface area contributed by atoms with Gasteiger partial charge in [0, 0.05) is 5.92 Å². The van der Waals surface area contributed by atoms with Crippen LogP contribution in [0.2, 0.25) is 0 Å². The molecule has 0 radical (unpaired) electrons. The molecule has 140 valence electrons. The molecule has 2 aromatic carbocycles. The zero-order valence-corrected chi connectivity index (χ0v) is 14.9. The zero-order valence-electron chi connectivity index (χ0n) is 14.9. The first-order valence-corrected chi connectivity index (χ1v) is 8.93. The average Bonchev–Trinajstić information content (AvgIpc) is 3.25. The first kappa shape index (κ1) is 17.5. The maximum Gasteiger partial charge on any atom is 0.317 e. The number of rotatable bonds is 4. The van der Waals surface area contributed by atoms with Gasteiger partial charge in [-0.3, -0.25) is 9.59 Å². The minimum absolute atomic E-state index is 0.0962. The van der Waals surface area contributed by atoms with Crippen LogP contribution < -0.4 is 9.47 Å². The van der Waals surface area contributed by atoms with Crippen molar-refractivity contribution < 1.29 is 28.9 Å². The Morgan fingerprint density at radius 3 is 2.67 bits per heavy atom. The molecule has 4 rings (SSSR count). The molecule has 1 heterocycles. The summed E-state index contributed by atoms with van der Waals surface area (Å²) in [4.78, 5) is 25.7. The Kier molecular flexibility index (Phi) is 4.36. The number of Topliss-reactive ketones (excluding diaryl/α,β-unsaturated/α-hetero) is 1. The predicted molar refractivity (Wildman–Crippen MR) is 95.4 cm³/mol. The third kappa shape index (κ3) is 2.86. The third-order valence-electron chi connectivity index (χ3n) is 5.22. The molecule has 0 bridgehead atoms. The van der Waals surface area contributed by atoms with E-state index >= 15 is 0 Å². The summed E-state index contributed by atoms with van der Waals surface area (Å²) in [5.41, 5.74) is -0.523. The second-order valence-electron chi connectivity index (χ2n) is 6.74. The van der Waals surface area contributed by atoms with Gasteiger partial charge in [-0.25, -0.2) is 0 Å². The standard InChI is InChI=1S/C21H20O6/c1-2-25-20(23)18-15(13-8-9-16-17(10-13)27-12-26-16)11-21(24,19(18)22)14-6-4-3-5-7-14/h3-10,15,18,24H,2,11-12H2,1H3. The molecule has 1 fully saturated rings. The van der Waals surface area contributed by atoms with Crippen molar-refractivity contribution in [3.63, 3.8) is 0 Å². The smallest absolute Gasteiger partial charge is 0.317 e. The number of fused-ring (bicyclic) bond motifs is 1. The first-order valence-electron chi connectivity index (χ1n) is 8.93. The molecule has 0 amide bonds. The molecular weight excluding hydrogens is 348 g/mol. The number of aliphatic hydroxyl groups is 1. The Balaban J connectivity index is 1.76. The summed E-state index contributed by atoms with van der Waals surface area (Å²) in [6.45, 7) is 1.99. The van der Waals surface area contributed by atoms with Crippen molar-refractivity contribution in [2.75, 3.05) is 13.4 Å². The van der Waals surface area contributed by atoms with Crippen molar-refractivity contribution in [1.82, 2.24) is 0 Å². The van der Waals surface area contributed by atoms with Crippen LogP contribution in [0, 0.1) is 5.92 Å². The second-order valence-corrected chi connectivity index (χ2v) is 6.74. The van der Waals surface area contributed by atoms with Crippen molar-refractivity contribution >= 4 is 11.8 Å². The number of ketones is 1. The molecule has 0 aromatic heterocycles. The SMILES string of the molecule is CCOC(=O)C1C(=O)C(O)(c2ccccc2)CC1c1ccc2c(c1)OCO2. The summed E-state index contributed by atoms with van der Waals surface area (Å²) in [6.07, 6.45) is 0.0962. The molecule has 6 heteroatoms. The highest BCUT2D eigenvalue weighted by molar-refractivity contribution is 6.06. The summed E-state index contributed by atoms with van der Waals surface area (Å²) in [7, 11) is 0. The molecule has 1 N–H and O–H groups in total. The lowest BCUT2D eigenvalue weighted by molar-refractivity contribution is -0.154. The second kappa shape index (κ2) is 6.70. The maximum atomic E-state index is 13.2. The van der Waals surface area contributed by atoms with Gasteiger partial charge in [0.25, 0.3) is 0 Å². The monoisotopic (exact) mass is 368 g/mol. The zero-order chi connectivity index (χ0) is 19.0. The lowest BCUT2D eigenvalue weighted by atomic mass is 9.88. The minimum Gasteiger partial charge on any atom is -0.465 e. The third-order valence-corrected chi connectivity index (χ3v) is 5.22. The van der Waals surface area contributed by atoms with Crippen LogP contribution in [0.4, 0.5) is 0 Å². The number of hydrogen-bond donors (Lipinski definition) is 1. The van der Waals surface area contributed by atoms with Crippen LogP contribution in [0.5, 0.6) is 11.5 Å². The van der Waals surface area contributed by atoms with Crippen LogP contribution in [0.25, 0.3) is 0 Å². The van der Waals surface area contributed by atoms with E-state index in [1.165, 1.54) is 0 Å². The molecule has 3 unspecified atom stereocenters. The predicted octanol–water partition coefficient (Wildman–Crippen LogP) is 2.54. The number of esters is 1. The number of carbonyl (C=O) groups excluding carboxylic acids is 2. The van der Waals surface area contributed by atoms with E-state index in [9.17, 15) is 14.7 Å². The lowest BCUT2D eigenvalue weighted by Crippen LogP contribution is -2.36. The van der Waals surface area contributed by atoms with Crippen LogP contribution in [0.15, 0.2) is 48.5 Å². The number of hydrogen-bond acceptors (Lipinski definition) is 6. The first-order chi connectivity index (χ1) is 13.0. The molecule has 2 aliphatic rings. The Labute approximate surface area is 156 Å². The van der Waals surface area contributed by atoms with Gasteiger partial charge >= 0.3 is 5.97 Å². The van der Waals surface area contributed by atoms with Crippen LogP contribution in [0.3, 0.4) is 0 Å². The quantitative estimate of drug-likeness (QED) is 0.660. The van der Waals surface area contributed by atoms with E-state index in [0.717, 1.165) is 5.56 Å². The van der Waals surface area contributed by atoms with Crippen molar-refractivity contribution in [2.45, 2.75) is 24.9 Å². The average molecular weight is 368 g/mol. The number of ether oxygens (including phenoxy) is 3. The molecule has 1 saturated carbocycles. The van der Waals surface area contributed by atoms with E-state index in [2.05, 4.69) is 0 Å². The van der Waals surface area contributed by atoms with E-state index in [4.69, 9.17) is 14.2 Å². The van der Waals surface area contributed by atoms with E-state index < -0.39 is 29.2 Å². The largest absolute Gasteiger partial charge is 0.465 e. The van der Waals surface area contributed by atoms with Crippen LogP contribution in [-0.2, 0) is 19.9 Å². The van der Waals surface area contributed by atoms with E-state index in [-0.39, 0.29) is 19.8 Å². The van der Waals surface area contributed by atoms with E-state index in [1.807, 2.05) is 6.07 Å². The summed E-state index contributed by atoms with van der Waals surface area (Å²) in [5.74, 6) is -1.55. The molecule has 3 atom stereocenters. The fourth-order valence-corrected chi connectivity index (χ4v) is 3.91. The molecule has 0 spiro atoms. The van der Waals surface area contributed by atoms with Gasteiger partial charge in [-0.2, -0.15) is 0 Å². The van der Waals surface area contributed by atoms with Gasteiger partial charge in [-0.15, -0.1) is 0 Å². The van der Waals surface area contributed by atoms with Crippen LogP contribution >= 0.6 is 0 Å². The molecule has 1 aliphatic heterocycles. The van der Waals surface area contributed by atoms with Gasteiger partial charge < -0.3 is 19.3 Å². The highest BCUT2D eigenvalue weighted by Crippen LogP contribution is 2.49. The fraction of sp³-hybridized carbons (Fsp3) is 0.333.